The van der Waals surface area contributed by atoms with E-state index in [9.17, 15) is 4.79 Å². The summed E-state index contributed by atoms with van der Waals surface area (Å²) in [6.07, 6.45) is 6.62. The maximum Gasteiger partial charge on any atom is 0.306 e. The highest BCUT2D eigenvalue weighted by Crippen LogP contribution is 2.31. The Bertz CT molecular complexity index is 302. The molecule has 20 heavy (non-hydrogen) atoms. The highest BCUT2D eigenvalue weighted by Gasteiger charge is 2.28. The first kappa shape index (κ1) is 15.8. The topological polar surface area (TPSA) is 38.3 Å². The van der Waals surface area contributed by atoms with Crippen molar-refractivity contribution in [2.24, 2.45) is 23.7 Å². The minimum absolute atomic E-state index is 0.0226. The molecule has 1 saturated carbocycles. The third-order valence-electron chi connectivity index (χ3n) is 5.06. The molecule has 1 aliphatic heterocycles. The smallest absolute Gasteiger partial charge is 0.306 e. The molecule has 1 saturated heterocycles. The van der Waals surface area contributed by atoms with Gasteiger partial charge in [-0.15, -0.1) is 0 Å². The van der Waals surface area contributed by atoms with Crippen LogP contribution in [0.4, 0.5) is 0 Å². The molecule has 0 amide bonds. The Morgan fingerprint density at radius 1 is 1.25 bits per heavy atom. The van der Waals surface area contributed by atoms with Gasteiger partial charge < -0.3 is 10.1 Å². The van der Waals surface area contributed by atoms with Crippen LogP contribution in [-0.2, 0) is 9.53 Å². The first-order valence-corrected chi connectivity index (χ1v) is 8.44. The van der Waals surface area contributed by atoms with Gasteiger partial charge in [0.25, 0.3) is 0 Å². The molecular weight excluding hydrogens is 250 g/mol. The van der Waals surface area contributed by atoms with Crippen LogP contribution in [0.2, 0.25) is 0 Å². The number of nitrogens with one attached hydrogen (secondary N) is 1. The number of piperidine rings is 1. The summed E-state index contributed by atoms with van der Waals surface area (Å²) in [6.45, 7) is 8.93. The van der Waals surface area contributed by atoms with Gasteiger partial charge in [0.1, 0.15) is 6.10 Å². The number of hydrogen-bond acceptors (Lipinski definition) is 3. The van der Waals surface area contributed by atoms with Gasteiger partial charge in [0.15, 0.2) is 0 Å². The summed E-state index contributed by atoms with van der Waals surface area (Å²) in [5.74, 6) is 2.48. The number of carbonyl (C=O) groups is 1. The van der Waals surface area contributed by atoms with Crippen LogP contribution < -0.4 is 5.32 Å². The SMILES string of the molecule is CC1CC(C)CC(OC(=O)CC(C)C2CCCNC2)C1. The molecule has 1 aliphatic carbocycles. The van der Waals surface area contributed by atoms with Crippen LogP contribution in [0.1, 0.15) is 59.3 Å². The van der Waals surface area contributed by atoms with E-state index in [4.69, 9.17) is 4.74 Å². The van der Waals surface area contributed by atoms with E-state index >= 15 is 0 Å². The normalized spacial score (nSPS) is 36.4. The van der Waals surface area contributed by atoms with Crippen molar-refractivity contribution in [1.29, 1.82) is 0 Å². The molecule has 0 radical (unpaired) electrons. The highest BCUT2D eigenvalue weighted by molar-refractivity contribution is 5.69. The van der Waals surface area contributed by atoms with Crippen LogP contribution in [0, 0.1) is 23.7 Å². The molecule has 3 heteroatoms. The van der Waals surface area contributed by atoms with Crippen LogP contribution >= 0.6 is 0 Å². The van der Waals surface area contributed by atoms with Crippen molar-refractivity contribution in [2.75, 3.05) is 13.1 Å². The van der Waals surface area contributed by atoms with E-state index in [1.165, 1.54) is 19.3 Å². The van der Waals surface area contributed by atoms with E-state index in [-0.39, 0.29) is 12.1 Å². The van der Waals surface area contributed by atoms with Crippen molar-refractivity contribution in [1.82, 2.24) is 5.32 Å². The van der Waals surface area contributed by atoms with Crippen molar-refractivity contribution in [3.8, 4) is 0 Å². The molecule has 2 aliphatic rings. The first-order valence-electron chi connectivity index (χ1n) is 8.44. The molecule has 0 aromatic heterocycles. The van der Waals surface area contributed by atoms with Gasteiger partial charge in [-0.05, 0) is 68.9 Å². The van der Waals surface area contributed by atoms with E-state index < -0.39 is 0 Å². The predicted octanol–water partition coefficient (Wildman–Crippen LogP) is 3.38. The lowest BCUT2D eigenvalue weighted by molar-refractivity contribution is -0.153. The van der Waals surface area contributed by atoms with Gasteiger partial charge in [-0.2, -0.15) is 0 Å². The van der Waals surface area contributed by atoms with Crippen molar-refractivity contribution in [3.05, 3.63) is 0 Å². The number of rotatable bonds is 4. The van der Waals surface area contributed by atoms with Crippen LogP contribution in [-0.4, -0.2) is 25.2 Å². The Morgan fingerprint density at radius 2 is 1.95 bits per heavy atom. The average Bonchev–Trinajstić information content (AvgIpc) is 2.38. The van der Waals surface area contributed by atoms with Crippen molar-refractivity contribution in [2.45, 2.75) is 65.4 Å². The summed E-state index contributed by atoms with van der Waals surface area (Å²) in [7, 11) is 0. The fourth-order valence-electron chi connectivity index (χ4n) is 4.00. The first-order chi connectivity index (χ1) is 9.54. The fourth-order valence-corrected chi connectivity index (χ4v) is 4.00. The molecule has 1 heterocycles. The zero-order chi connectivity index (χ0) is 14.5. The summed E-state index contributed by atoms with van der Waals surface area (Å²) in [5.41, 5.74) is 0. The zero-order valence-corrected chi connectivity index (χ0v) is 13.4. The second-order valence-electron chi connectivity index (χ2n) is 7.32. The monoisotopic (exact) mass is 281 g/mol. The van der Waals surface area contributed by atoms with Gasteiger partial charge in [0.05, 0.1) is 0 Å². The van der Waals surface area contributed by atoms with Crippen LogP contribution in [0.5, 0.6) is 0 Å². The molecule has 2 rings (SSSR count). The molecule has 2 fully saturated rings. The van der Waals surface area contributed by atoms with Gasteiger partial charge in [0.2, 0.25) is 0 Å². The molecule has 0 aromatic rings. The number of hydrogen-bond donors (Lipinski definition) is 1. The summed E-state index contributed by atoms with van der Waals surface area (Å²) >= 11 is 0. The minimum Gasteiger partial charge on any atom is -0.462 e. The summed E-state index contributed by atoms with van der Waals surface area (Å²) < 4.78 is 5.73. The average molecular weight is 281 g/mol. The summed E-state index contributed by atoms with van der Waals surface area (Å²) in [6, 6.07) is 0. The van der Waals surface area contributed by atoms with E-state index in [1.54, 1.807) is 0 Å². The van der Waals surface area contributed by atoms with Gasteiger partial charge in [-0.25, -0.2) is 0 Å². The summed E-state index contributed by atoms with van der Waals surface area (Å²) in [4.78, 5) is 12.1. The second-order valence-corrected chi connectivity index (χ2v) is 7.32. The number of esters is 1. The molecule has 0 aromatic carbocycles. The van der Waals surface area contributed by atoms with Gasteiger partial charge in [-0.1, -0.05) is 20.8 Å². The van der Waals surface area contributed by atoms with Crippen molar-refractivity contribution >= 4 is 5.97 Å². The van der Waals surface area contributed by atoms with Gasteiger partial charge in [0, 0.05) is 6.42 Å². The third kappa shape index (κ3) is 4.76. The third-order valence-corrected chi connectivity index (χ3v) is 5.06. The Hall–Kier alpha value is -0.570. The van der Waals surface area contributed by atoms with Crippen LogP contribution in [0.15, 0.2) is 0 Å². The molecule has 4 atom stereocenters. The molecule has 116 valence electrons. The molecule has 0 bridgehead atoms. The standard InChI is InChI=1S/C17H31NO2/c1-12-7-13(2)9-16(8-12)20-17(19)10-14(3)15-5-4-6-18-11-15/h12-16,18H,4-11H2,1-3H3. The number of carbonyl (C=O) groups excluding carboxylic acids is 1. The van der Waals surface area contributed by atoms with Crippen LogP contribution in [0.3, 0.4) is 0 Å². The maximum absolute atomic E-state index is 12.1. The van der Waals surface area contributed by atoms with E-state index in [0.717, 1.165) is 25.9 Å². The molecule has 0 spiro atoms. The van der Waals surface area contributed by atoms with Gasteiger partial charge in [-0.3, -0.25) is 4.79 Å². The molecule has 3 nitrogen and oxygen atoms in total. The second kappa shape index (κ2) is 7.44. The molecule has 4 unspecified atom stereocenters. The number of ether oxygens (including phenoxy) is 1. The largest absolute Gasteiger partial charge is 0.462 e. The van der Waals surface area contributed by atoms with E-state index in [1.807, 2.05) is 0 Å². The Labute approximate surface area is 123 Å². The zero-order valence-electron chi connectivity index (χ0n) is 13.4. The summed E-state index contributed by atoms with van der Waals surface area (Å²) in [5, 5.41) is 3.43. The molecular formula is C17H31NO2. The lowest BCUT2D eigenvalue weighted by Crippen LogP contribution is -2.35. The van der Waals surface area contributed by atoms with Crippen molar-refractivity contribution < 1.29 is 9.53 Å². The van der Waals surface area contributed by atoms with Crippen LogP contribution in [0.25, 0.3) is 0 Å². The minimum atomic E-state index is 0.0226. The lowest BCUT2D eigenvalue weighted by Gasteiger charge is -2.32. The predicted molar refractivity (Wildman–Crippen MR) is 81.4 cm³/mol. The quantitative estimate of drug-likeness (QED) is 0.803. The Morgan fingerprint density at radius 3 is 2.55 bits per heavy atom. The van der Waals surface area contributed by atoms with Gasteiger partial charge >= 0.3 is 5.97 Å². The maximum atomic E-state index is 12.1. The molecule has 1 N–H and O–H groups in total. The Balaban J connectivity index is 1.73. The van der Waals surface area contributed by atoms with Crippen molar-refractivity contribution in [3.63, 3.8) is 0 Å². The van der Waals surface area contributed by atoms with E-state index in [0.29, 0.717) is 30.1 Å². The highest BCUT2D eigenvalue weighted by atomic mass is 16.5. The van der Waals surface area contributed by atoms with E-state index in [2.05, 4.69) is 26.1 Å². The Kier molecular flexibility index (Phi) is 5.88. The lowest BCUT2D eigenvalue weighted by atomic mass is 9.81. The fraction of sp³-hybridized carbons (Fsp3) is 0.941.